The van der Waals surface area contributed by atoms with Crippen molar-refractivity contribution in [3.63, 3.8) is 0 Å². The number of carbonyl (C=O) groups is 1. The Labute approximate surface area is 194 Å². The predicted molar refractivity (Wildman–Crippen MR) is 127 cm³/mol. The van der Waals surface area contributed by atoms with E-state index in [4.69, 9.17) is 32.4 Å². The van der Waals surface area contributed by atoms with Crippen molar-refractivity contribution < 1.29 is 13.9 Å². The van der Waals surface area contributed by atoms with Crippen molar-refractivity contribution in [2.24, 2.45) is 4.99 Å². The number of halogens is 2. The Balaban J connectivity index is 1.61. The van der Waals surface area contributed by atoms with E-state index in [1.54, 1.807) is 36.3 Å². The standard InChI is InChI=1S/C23H18Cl2N2O3S/c1-3-27-22(28)20(31-23(27)26-14-7-9-15(29-2)10-8-14)13-16-11-12-19(30-16)17-5-4-6-18(24)21(17)25/h4-13H,3H2,1-2H3/b20-13-,26-23?. The number of furan rings is 1. The maximum Gasteiger partial charge on any atom is 0.266 e. The summed E-state index contributed by atoms with van der Waals surface area (Å²) in [6.07, 6.45) is 1.72. The van der Waals surface area contributed by atoms with E-state index in [1.165, 1.54) is 11.8 Å². The molecule has 1 saturated heterocycles. The maximum absolute atomic E-state index is 12.9. The largest absolute Gasteiger partial charge is 0.497 e. The topological polar surface area (TPSA) is 55.0 Å². The SMILES string of the molecule is CCN1C(=O)/C(=C/c2ccc(-c3cccc(Cl)c3Cl)o2)SC1=Nc1ccc(OC)cc1. The van der Waals surface area contributed by atoms with Crippen LogP contribution in [0.15, 0.2) is 68.9 Å². The fourth-order valence-corrected chi connectivity index (χ4v) is 4.47. The number of ether oxygens (including phenoxy) is 1. The first-order chi connectivity index (χ1) is 15.0. The van der Waals surface area contributed by atoms with Crippen LogP contribution in [0.4, 0.5) is 5.69 Å². The Bertz CT molecular complexity index is 1190. The van der Waals surface area contributed by atoms with E-state index in [0.717, 1.165) is 11.4 Å². The molecule has 5 nitrogen and oxygen atoms in total. The lowest BCUT2D eigenvalue weighted by atomic mass is 10.2. The molecule has 3 aromatic rings. The minimum Gasteiger partial charge on any atom is -0.497 e. The van der Waals surface area contributed by atoms with Crippen molar-refractivity contribution in [3.8, 4) is 17.1 Å². The second kappa shape index (κ2) is 9.22. The smallest absolute Gasteiger partial charge is 0.266 e. The number of methoxy groups -OCH3 is 1. The van der Waals surface area contributed by atoms with Crippen molar-refractivity contribution in [1.29, 1.82) is 0 Å². The van der Waals surface area contributed by atoms with Crippen molar-refractivity contribution in [1.82, 2.24) is 4.90 Å². The normalized spacial score (nSPS) is 16.5. The summed E-state index contributed by atoms with van der Waals surface area (Å²) in [5, 5.41) is 1.50. The van der Waals surface area contributed by atoms with Gasteiger partial charge in [0.05, 0.1) is 27.7 Å². The van der Waals surface area contributed by atoms with E-state index in [0.29, 0.717) is 43.7 Å². The first-order valence-corrected chi connectivity index (χ1v) is 11.1. The van der Waals surface area contributed by atoms with Crippen LogP contribution in [0.1, 0.15) is 12.7 Å². The average molecular weight is 473 g/mol. The number of carbonyl (C=O) groups excluding carboxylic acids is 1. The highest BCUT2D eigenvalue weighted by molar-refractivity contribution is 8.18. The Morgan fingerprint density at radius 3 is 2.61 bits per heavy atom. The molecule has 1 amide bonds. The Morgan fingerprint density at radius 1 is 1.13 bits per heavy atom. The summed E-state index contributed by atoms with van der Waals surface area (Å²) < 4.78 is 11.1. The third kappa shape index (κ3) is 4.51. The summed E-state index contributed by atoms with van der Waals surface area (Å²) in [5.41, 5.74) is 1.44. The number of nitrogens with zero attached hydrogens (tertiary/aromatic N) is 2. The molecule has 0 N–H and O–H groups in total. The van der Waals surface area contributed by atoms with Crippen molar-refractivity contribution in [3.05, 3.63) is 75.3 Å². The molecule has 0 unspecified atom stereocenters. The molecule has 0 saturated carbocycles. The zero-order valence-corrected chi connectivity index (χ0v) is 19.1. The van der Waals surface area contributed by atoms with Gasteiger partial charge in [-0.25, -0.2) is 4.99 Å². The summed E-state index contributed by atoms with van der Waals surface area (Å²) in [4.78, 5) is 19.7. The van der Waals surface area contributed by atoms with Crippen LogP contribution in [0, 0.1) is 0 Å². The number of hydrogen-bond donors (Lipinski definition) is 0. The molecule has 1 aliphatic rings. The van der Waals surface area contributed by atoms with E-state index >= 15 is 0 Å². The van der Waals surface area contributed by atoms with E-state index in [1.807, 2.05) is 43.3 Å². The molecular formula is C23H18Cl2N2O3S. The van der Waals surface area contributed by atoms with Gasteiger partial charge in [0, 0.05) is 18.2 Å². The van der Waals surface area contributed by atoms with E-state index in [9.17, 15) is 4.79 Å². The lowest BCUT2D eigenvalue weighted by molar-refractivity contribution is -0.122. The molecule has 0 aliphatic carbocycles. The number of amides is 1. The number of rotatable bonds is 5. The number of amidine groups is 1. The van der Waals surface area contributed by atoms with E-state index in [2.05, 4.69) is 4.99 Å². The van der Waals surface area contributed by atoms with Crippen LogP contribution in [-0.4, -0.2) is 29.6 Å². The Morgan fingerprint density at radius 2 is 1.90 bits per heavy atom. The van der Waals surface area contributed by atoms with E-state index in [-0.39, 0.29) is 5.91 Å². The minimum absolute atomic E-state index is 0.113. The predicted octanol–water partition coefficient (Wildman–Crippen LogP) is 6.89. The van der Waals surface area contributed by atoms with Crippen LogP contribution < -0.4 is 4.74 Å². The number of thioether (sulfide) groups is 1. The molecule has 31 heavy (non-hydrogen) atoms. The van der Waals surface area contributed by atoms with E-state index < -0.39 is 0 Å². The molecular weight excluding hydrogens is 455 g/mol. The molecule has 8 heteroatoms. The lowest BCUT2D eigenvalue weighted by Gasteiger charge is -2.12. The van der Waals surface area contributed by atoms with Crippen molar-refractivity contribution in [2.75, 3.05) is 13.7 Å². The Hall–Kier alpha value is -2.67. The first kappa shape index (κ1) is 21.6. The van der Waals surface area contributed by atoms with Crippen LogP contribution in [-0.2, 0) is 4.79 Å². The molecule has 1 aliphatic heterocycles. The zero-order chi connectivity index (χ0) is 22.0. The lowest BCUT2D eigenvalue weighted by Crippen LogP contribution is -2.28. The molecule has 1 fully saturated rings. The van der Waals surface area contributed by atoms with Gasteiger partial charge in [-0.1, -0.05) is 29.3 Å². The number of benzene rings is 2. The van der Waals surface area contributed by atoms with Gasteiger partial charge in [0.2, 0.25) is 0 Å². The maximum atomic E-state index is 12.9. The average Bonchev–Trinajstić information content (AvgIpc) is 3.35. The minimum atomic E-state index is -0.113. The third-order valence-electron chi connectivity index (χ3n) is 4.62. The second-order valence-electron chi connectivity index (χ2n) is 6.56. The third-order valence-corrected chi connectivity index (χ3v) is 6.44. The van der Waals surface area contributed by atoms with Gasteiger partial charge in [0.1, 0.15) is 17.3 Å². The van der Waals surface area contributed by atoms with Gasteiger partial charge in [-0.05, 0) is 67.2 Å². The number of likely N-dealkylation sites (N-methyl/N-ethyl adjacent to an activating group) is 1. The van der Waals surface area contributed by atoms with Gasteiger partial charge < -0.3 is 9.15 Å². The highest BCUT2D eigenvalue weighted by Gasteiger charge is 2.32. The van der Waals surface area contributed by atoms with Gasteiger partial charge in [-0.2, -0.15) is 0 Å². The summed E-state index contributed by atoms with van der Waals surface area (Å²) in [7, 11) is 1.61. The quantitative estimate of drug-likeness (QED) is 0.379. The first-order valence-electron chi connectivity index (χ1n) is 9.48. The summed E-state index contributed by atoms with van der Waals surface area (Å²) in [6.45, 7) is 2.43. The van der Waals surface area contributed by atoms with Gasteiger partial charge >= 0.3 is 0 Å². The molecule has 2 heterocycles. The molecule has 1 aromatic heterocycles. The fourth-order valence-electron chi connectivity index (χ4n) is 3.04. The van der Waals surface area contributed by atoms with Crippen molar-refractivity contribution >= 4 is 57.8 Å². The van der Waals surface area contributed by atoms with Gasteiger partial charge in [-0.3, -0.25) is 9.69 Å². The number of aliphatic imine (C=N–C) groups is 1. The molecule has 2 aromatic carbocycles. The Kier molecular flexibility index (Phi) is 6.41. The molecule has 158 valence electrons. The van der Waals surface area contributed by atoms with Crippen LogP contribution >= 0.6 is 35.0 Å². The fraction of sp³-hybridized carbons (Fsp3) is 0.130. The van der Waals surface area contributed by atoms with Crippen LogP contribution in [0.5, 0.6) is 5.75 Å². The zero-order valence-electron chi connectivity index (χ0n) is 16.8. The molecule has 0 radical (unpaired) electrons. The van der Waals surface area contributed by atoms with Gasteiger partial charge in [-0.15, -0.1) is 0 Å². The highest BCUT2D eigenvalue weighted by Crippen LogP contribution is 2.37. The van der Waals surface area contributed by atoms with Crippen molar-refractivity contribution in [2.45, 2.75) is 6.92 Å². The monoisotopic (exact) mass is 472 g/mol. The van der Waals surface area contributed by atoms with Gasteiger partial charge in [0.25, 0.3) is 5.91 Å². The van der Waals surface area contributed by atoms with Gasteiger partial charge in [0.15, 0.2) is 5.17 Å². The molecule has 0 bridgehead atoms. The highest BCUT2D eigenvalue weighted by atomic mass is 35.5. The molecule has 0 spiro atoms. The number of hydrogen-bond acceptors (Lipinski definition) is 5. The second-order valence-corrected chi connectivity index (χ2v) is 8.35. The van der Waals surface area contributed by atoms with Crippen LogP contribution in [0.3, 0.4) is 0 Å². The summed E-state index contributed by atoms with van der Waals surface area (Å²) in [5.74, 6) is 1.76. The summed E-state index contributed by atoms with van der Waals surface area (Å²) in [6, 6.07) is 16.3. The molecule has 0 atom stereocenters. The summed E-state index contributed by atoms with van der Waals surface area (Å²) >= 11 is 13.7. The van der Waals surface area contributed by atoms with Crippen LogP contribution in [0.2, 0.25) is 10.0 Å². The van der Waals surface area contributed by atoms with Crippen LogP contribution in [0.25, 0.3) is 17.4 Å². The molecule has 4 rings (SSSR count).